The second-order valence-corrected chi connectivity index (χ2v) is 6.57. The van der Waals surface area contributed by atoms with Gasteiger partial charge in [-0.3, -0.25) is 9.59 Å². The van der Waals surface area contributed by atoms with Crippen LogP contribution < -0.4 is 10.1 Å². The van der Waals surface area contributed by atoms with Gasteiger partial charge in [0, 0.05) is 19.8 Å². The first kappa shape index (κ1) is 19.2. The van der Waals surface area contributed by atoms with Crippen molar-refractivity contribution < 1.29 is 24.2 Å². The molecule has 1 fully saturated rings. The van der Waals surface area contributed by atoms with E-state index in [1.165, 1.54) is 0 Å². The normalized spacial score (nSPS) is 16.2. The summed E-state index contributed by atoms with van der Waals surface area (Å²) in [5, 5.41) is 12.1. The molecule has 1 heterocycles. The highest BCUT2D eigenvalue weighted by Crippen LogP contribution is 2.24. The van der Waals surface area contributed by atoms with Crippen LogP contribution in [0.5, 0.6) is 5.75 Å². The predicted octanol–water partition coefficient (Wildman–Crippen LogP) is 2.32. The van der Waals surface area contributed by atoms with Gasteiger partial charge >= 0.3 is 5.97 Å². The topological polar surface area (TPSA) is 84.9 Å². The average Bonchev–Trinajstić information content (AvgIpc) is 2.57. The second-order valence-electron chi connectivity index (χ2n) is 6.57. The number of rotatable bonds is 8. The number of hydrogen-bond donors (Lipinski definition) is 2. The van der Waals surface area contributed by atoms with Crippen molar-refractivity contribution in [1.29, 1.82) is 0 Å². The predicted molar refractivity (Wildman–Crippen MR) is 93.7 cm³/mol. The molecule has 0 aromatic heterocycles. The van der Waals surface area contributed by atoms with Crippen molar-refractivity contribution in [2.24, 2.45) is 11.8 Å². The first-order valence-corrected chi connectivity index (χ1v) is 8.74. The van der Waals surface area contributed by atoms with Crippen LogP contribution in [0.3, 0.4) is 0 Å². The van der Waals surface area contributed by atoms with Gasteiger partial charge < -0.3 is 19.9 Å². The third-order valence-electron chi connectivity index (χ3n) is 4.59. The summed E-state index contributed by atoms with van der Waals surface area (Å²) in [5.41, 5.74) is 2.20. The van der Waals surface area contributed by atoms with Gasteiger partial charge in [-0.15, -0.1) is 0 Å². The Balaban J connectivity index is 1.74. The third-order valence-corrected chi connectivity index (χ3v) is 4.59. The number of hydrogen-bond acceptors (Lipinski definition) is 4. The lowest BCUT2D eigenvalue weighted by Gasteiger charge is -2.27. The number of carbonyl (C=O) groups is 2. The molecule has 0 bridgehead atoms. The first-order chi connectivity index (χ1) is 12.0. The maximum Gasteiger partial charge on any atom is 0.308 e. The Labute approximate surface area is 148 Å². The van der Waals surface area contributed by atoms with Gasteiger partial charge in [0.25, 0.3) is 0 Å². The van der Waals surface area contributed by atoms with Gasteiger partial charge in [-0.1, -0.05) is 17.7 Å². The Kier molecular flexibility index (Phi) is 7.25. The zero-order valence-corrected chi connectivity index (χ0v) is 14.9. The van der Waals surface area contributed by atoms with Crippen molar-refractivity contribution in [1.82, 2.24) is 5.32 Å². The van der Waals surface area contributed by atoms with Gasteiger partial charge in [0.1, 0.15) is 5.75 Å². The molecule has 1 aliphatic rings. The van der Waals surface area contributed by atoms with Crippen LogP contribution in [0.15, 0.2) is 18.2 Å². The van der Waals surface area contributed by atoms with E-state index in [2.05, 4.69) is 5.32 Å². The van der Waals surface area contributed by atoms with Gasteiger partial charge in [0.2, 0.25) is 5.91 Å². The van der Waals surface area contributed by atoms with Crippen molar-refractivity contribution in [2.45, 2.75) is 33.1 Å². The molecule has 0 spiro atoms. The fourth-order valence-electron chi connectivity index (χ4n) is 3.10. The van der Waals surface area contributed by atoms with Gasteiger partial charge in [-0.05, 0) is 44.2 Å². The summed E-state index contributed by atoms with van der Waals surface area (Å²) in [4.78, 5) is 23.4. The molecule has 6 heteroatoms. The molecule has 1 aliphatic heterocycles. The molecule has 1 aromatic rings. The summed E-state index contributed by atoms with van der Waals surface area (Å²) in [6.07, 6.45) is 1.65. The number of carboxylic acids is 1. The molecule has 1 amide bonds. The molecule has 138 valence electrons. The number of benzene rings is 1. The Morgan fingerprint density at radius 1 is 1.32 bits per heavy atom. The SMILES string of the molecule is Cc1ccc(OCCC(=O)NCC(C(=O)O)C2CCOCC2)c(C)c1. The molecule has 6 nitrogen and oxygen atoms in total. The standard InChI is InChI=1S/C19H27NO5/c1-13-3-4-17(14(2)11-13)25-10-7-18(21)20-12-16(19(22)23)15-5-8-24-9-6-15/h3-4,11,15-16H,5-10,12H2,1-2H3,(H,20,21)(H,22,23). The van der Waals surface area contributed by atoms with Crippen molar-refractivity contribution in [3.63, 3.8) is 0 Å². The summed E-state index contributed by atoms with van der Waals surface area (Å²) >= 11 is 0. The fraction of sp³-hybridized carbons (Fsp3) is 0.579. The fourth-order valence-corrected chi connectivity index (χ4v) is 3.10. The van der Waals surface area contributed by atoms with Gasteiger partial charge in [-0.25, -0.2) is 0 Å². The van der Waals surface area contributed by atoms with Crippen molar-refractivity contribution in [2.75, 3.05) is 26.4 Å². The van der Waals surface area contributed by atoms with Crippen LogP contribution in [0.2, 0.25) is 0 Å². The zero-order valence-electron chi connectivity index (χ0n) is 14.9. The highest BCUT2D eigenvalue weighted by atomic mass is 16.5. The second kappa shape index (κ2) is 9.42. The van der Waals surface area contributed by atoms with Crippen LogP contribution in [0.4, 0.5) is 0 Å². The Hall–Kier alpha value is -2.08. The number of aryl methyl sites for hydroxylation is 2. The van der Waals surface area contributed by atoms with E-state index in [9.17, 15) is 14.7 Å². The number of ether oxygens (including phenoxy) is 2. The Morgan fingerprint density at radius 3 is 2.68 bits per heavy atom. The van der Waals surface area contributed by atoms with E-state index in [0.717, 1.165) is 29.7 Å². The number of nitrogens with one attached hydrogen (secondary N) is 1. The Bertz CT molecular complexity index is 595. The van der Waals surface area contributed by atoms with Gasteiger partial charge in [-0.2, -0.15) is 0 Å². The Morgan fingerprint density at radius 2 is 2.04 bits per heavy atom. The molecule has 1 aromatic carbocycles. The number of carbonyl (C=O) groups excluding carboxylic acids is 1. The lowest BCUT2D eigenvalue weighted by atomic mass is 9.86. The highest BCUT2D eigenvalue weighted by molar-refractivity contribution is 5.77. The molecule has 0 aliphatic carbocycles. The lowest BCUT2D eigenvalue weighted by molar-refractivity contribution is -0.145. The monoisotopic (exact) mass is 349 g/mol. The maximum absolute atomic E-state index is 12.0. The largest absolute Gasteiger partial charge is 0.493 e. The molecule has 1 saturated heterocycles. The molecule has 0 saturated carbocycles. The van der Waals surface area contributed by atoms with Crippen LogP contribution in [-0.2, 0) is 14.3 Å². The van der Waals surface area contributed by atoms with Crippen LogP contribution in [0.1, 0.15) is 30.4 Å². The van der Waals surface area contributed by atoms with Crippen LogP contribution >= 0.6 is 0 Å². The molecule has 0 radical (unpaired) electrons. The van der Waals surface area contributed by atoms with E-state index in [4.69, 9.17) is 9.47 Å². The van der Waals surface area contributed by atoms with Crippen LogP contribution in [0.25, 0.3) is 0 Å². The van der Waals surface area contributed by atoms with Crippen LogP contribution in [-0.4, -0.2) is 43.3 Å². The summed E-state index contributed by atoms with van der Waals surface area (Å²) in [6.45, 7) is 5.58. The zero-order chi connectivity index (χ0) is 18.2. The molecule has 2 rings (SSSR count). The van der Waals surface area contributed by atoms with Crippen molar-refractivity contribution in [3.05, 3.63) is 29.3 Å². The first-order valence-electron chi connectivity index (χ1n) is 8.74. The van der Waals surface area contributed by atoms with E-state index in [1.807, 2.05) is 32.0 Å². The van der Waals surface area contributed by atoms with E-state index in [0.29, 0.717) is 13.2 Å². The van der Waals surface area contributed by atoms with Gasteiger partial charge in [0.05, 0.1) is 18.9 Å². The highest BCUT2D eigenvalue weighted by Gasteiger charge is 2.29. The molecule has 1 atom stereocenters. The van der Waals surface area contributed by atoms with Crippen molar-refractivity contribution in [3.8, 4) is 5.75 Å². The number of aliphatic carboxylic acids is 1. The minimum atomic E-state index is -0.862. The molecule has 25 heavy (non-hydrogen) atoms. The minimum absolute atomic E-state index is 0.0537. The number of carboxylic acid groups (broad SMARTS) is 1. The van der Waals surface area contributed by atoms with E-state index >= 15 is 0 Å². The minimum Gasteiger partial charge on any atom is -0.493 e. The third kappa shape index (κ3) is 6.05. The van der Waals surface area contributed by atoms with Gasteiger partial charge in [0.15, 0.2) is 0 Å². The summed E-state index contributed by atoms with van der Waals surface area (Å²) < 4.78 is 10.9. The summed E-state index contributed by atoms with van der Waals surface area (Å²) in [7, 11) is 0. The van der Waals surface area contributed by atoms with E-state index < -0.39 is 11.9 Å². The van der Waals surface area contributed by atoms with E-state index in [1.54, 1.807) is 0 Å². The molecular formula is C19H27NO5. The quantitative estimate of drug-likeness (QED) is 0.752. The maximum atomic E-state index is 12.0. The average molecular weight is 349 g/mol. The number of amides is 1. The van der Waals surface area contributed by atoms with Crippen LogP contribution in [0, 0.1) is 25.7 Å². The van der Waals surface area contributed by atoms with Crippen molar-refractivity contribution >= 4 is 11.9 Å². The van der Waals surface area contributed by atoms with E-state index in [-0.39, 0.29) is 31.4 Å². The molecular weight excluding hydrogens is 322 g/mol. The smallest absolute Gasteiger partial charge is 0.308 e. The molecule has 1 unspecified atom stereocenters. The summed E-state index contributed by atoms with van der Waals surface area (Å²) in [5.74, 6) is -0.794. The molecule has 2 N–H and O–H groups in total. The lowest BCUT2D eigenvalue weighted by Crippen LogP contribution is -2.39. The summed E-state index contributed by atoms with van der Waals surface area (Å²) in [6, 6.07) is 5.89.